The van der Waals surface area contributed by atoms with Gasteiger partial charge in [0, 0.05) is 24.9 Å². The minimum absolute atomic E-state index is 0.0464. The zero-order valence-corrected chi connectivity index (χ0v) is 12.3. The Kier molecular flexibility index (Phi) is 3.66. The van der Waals surface area contributed by atoms with Gasteiger partial charge < -0.3 is 9.64 Å². The first-order valence-electron chi connectivity index (χ1n) is 6.77. The molecule has 1 aromatic rings. The summed E-state index contributed by atoms with van der Waals surface area (Å²) in [5, 5.41) is 0. The van der Waals surface area contributed by atoms with E-state index in [-0.39, 0.29) is 5.41 Å². The van der Waals surface area contributed by atoms with E-state index in [1.54, 1.807) is 0 Å². The van der Waals surface area contributed by atoms with Crippen LogP contribution in [0.1, 0.15) is 38.7 Å². The van der Waals surface area contributed by atoms with Gasteiger partial charge in [-0.1, -0.05) is 20.8 Å². The van der Waals surface area contributed by atoms with Gasteiger partial charge in [-0.2, -0.15) is 0 Å². The number of imidazole rings is 1. The molecule has 0 N–H and O–H groups in total. The molecule has 1 aliphatic rings. The van der Waals surface area contributed by atoms with Crippen molar-refractivity contribution in [2.24, 2.45) is 0 Å². The van der Waals surface area contributed by atoms with Crippen LogP contribution in [0.4, 0.5) is 0 Å². The first kappa shape index (κ1) is 13.4. The number of fused-ring (bicyclic) bond motifs is 1. The Morgan fingerprint density at radius 1 is 1.33 bits per heavy atom. The molecule has 1 aromatic heterocycles. The van der Waals surface area contributed by atoms with Gasteiger partial charge >= 0.3 is 0 Å². The summed E-state index contributed by atoms with van der Waals surface area (Å²) >= 11 is 0. The zero-order valence-electron chi connectivity index (χ0n) is 12.3. The predicted octanol–water partition coefficient (Wildman–Crippen LogP) is 2.07. The second kappa shape index (κ2) is 4.92. The van der Waals surface area contributed by atoms with E-state index in [4.69, 9.17) is 9.72 Å². The molecule has 2 heterocycles. The largest absolute Gasteiger partial charge is 0.477 e. The second-order valence-corrected chi connectivity index (χ2v) is 6.34. The zero-order chi connectivity index (χ0) is 13.3. The van der Waals surface area contributed by atoms with Gasteiger partial charge in [0.2, 0.25) is 5.88 Å². The van der Waals surface area contributed by atoms with Gasteiger partial charge in [0.1, 0.15) is 11.5 Å². The topological polar surface area (TPSA) is 30.3 Å². The summed E-state index contributed by atoms with van der Waals surface area (Å²) in [4.78, 5) is 7.04. The van der Waals surface area contributed by atoms with Crippen molar-refractivity contribution in [2.45, 2.75) is 45.6 Å². The van der Waals surface area contributed by atoms with Crippen LogP contribution < -0.4 is 4.74 Å². The molecule has 102 valence electrons. The molecule has 0 bridgehead atoms. The molecule has 1 aliphatic heterocycles. The molecule has 0 spiro atoms. The highest BCUT2D eigenvalue weighted by molar-refractivity contribution is 5.31. The fraction of sp³-hybridized carbons (Fsp3) is 0.786. The molecule has 4 heteroatoms. The van der Waals surface area contributed by atoms with Gasteiger partial charge in [0.25, 0.3) is 0 Å². The Bertz CT molecular complexity index is 415. The monoisotopic (exact) mass is 251 g/mol. The molecule has 0 atom stereocenters. The molecular weight excluding hydrogens is 226 g/mol. The van der Waals surface area contributed by atoms with Gasteiger partial charge in [-0.25, -0.2) is 4.98 Å². The fourth-order valence-corrected chi connectivity index (χ4v) is 2.25. The lowest BCUT2D eigenvalue weighted by Gasteiger charge is -2.22. The van der Waals surface area contributed by atoms with E-state index in [1.165, 1.54) is 5.82 Å². The molecular formula is C14H25N3O. The maximum absolute atomic E-state index is 5.86. The Morgan fingerprint density at radius 3 is 2.67 bits per heavy atom. The molecule has 0 saturated carbocycles. The summed E-state index contributed by atoms with van der Waals surface area (Å²) in [6.45, 7) is 9.49. The summed E-state index contributed by atoms with van der Waals surface area (Å²) in [5.41, 5.74) is 1.15. The highest BCUT2D eigenvalue weighted by Gasteiger charge is 2.28. The maximum Gasteiger partial charge on any atom is 0.217 e. The first-order valence-corrected chi connectivity index (χ1v) is 6.77. The molecule has 4 nitrogen and oxygen atoms in total. The standard InChI is InChI=1S/C14H25N3O/c1-14(2,3)12-13-17(8-6-10-18-13)11(15-12)7-9-16(4)5/h6-10H2,1-5H3. The molecule has 0 amide bonds. The Hall–Kier alpha value is -1.03. The van der Waals surface area contributed by atoms with Gasteiger partial charge in [0.15, 0.2) is 0 Å². The fourth-order valence-electron chi connectivity index (χ4n) is 2.25. The van der Waals surface area contributed by atoms with Crippen LogP contribution >= 0.6 is 0 Å². The highest BCUT2D eigenvalue weighted by Crippen LogP contribution is 2.34. The lowest BCUT2D eigenvalue weighted by molar-refractivity contribution is 0.232. The predicted molar refractivity (Wildman–Crippen MR) is 73.3 cm³/mol. The van der Waals surface area contributed by atoms with Crippen LogP contribution in [-0.2, 0) is 18.4 Å². The number of aromatic nitrogens is 2. The average molecular weight is 251 g/mol. The van der Waals surface area contributed by atoms with E-state index in [1.807, 2.05) is 0 Å². The number of hydrogen-bond acceptors (Lipinski definition) is 3. The normalized spacial score (nSPS) is 15.7. The van der Waals surface area contributed by atoms with Crippen LogP contribution in [0.15, 0.2) is 0 Å². The molecule has 0 radical (unpaired) electrons. The summed E-state index contributed by atoms with van der Waals surface area (Å²) in [6.07, 6.45) is 2.07. The van der Waals surface area contributed by atoms with Crippen molar-refractivity contribution in [2.75, 3.05) is 27.2 Å². The van der Waals surface area contributed by atoms with Crippen molar-refractivity contribution < 1.29 is 4.74 Å². The number of rotatable bonds is 3. The Morgan fingerprint density at radius 2 is 2.06 bits per heavy atom. The third-order valence-electron chi connectivity index (χ3n) is 3.26. The minimum Gasteiger partial charge on any atom is -0.477 e. The maximum atomic E-state index is 5.86. The lowest BCUT2D eigenvalue weighted by Crippen LogP contribution is -2.20. The van der Waals surface area contributed by atoms with Crippen molar-refractivity contribution in [3.8, 4) is 5.88 Å². The summed E-state index contributed by atoms with van der Waals surface area (Å²) in [5.74, 6) is 2.17. The summed E-state index contributed by atoms with van der Waals surface area (Å²) in [6, 6.07) is 0. The molecule has 0 aromatic carbocycles. The second-order valence-electron chi connectivity index (χ2n) is 6.34. The third-order valence-corrected chi connectivity index (χ3v) is 3.26. The van der Waals surface area contributed by atoms with Crippen LogP contribution in [0.5, 0.6) is 5.88 Å². The van der Waals surface area contributed by atoms with E-state index in [0.29, 0.717) is 0 Å². The lowest BCUT2D eigenvalue weighted by atomic mass is 9.92. The molecule has 0 aliphatic carbocycles. The van der Waals surface area contributed by atoms with E-state index < -0.39 is 0 Å². The van der Waals surface area contributed by atoms with Crippen molar-refractivity contribution >= 4 is 0 Å². The number of hydrogen-bond donors (Lipinski definition) is 0. The van der Waals surface area contributed by atoms with E-state index >= 15 is 0 Å². The summed E-state index contributed by atoms with van der Waals surface area (Å²) in [7, 11) is 4.20. The van der Waals surface area contributed by atoms with Crippen LogP contribution in [0.3, 0.4) is 0 Å². The first-order chi connectivity index (χ1) is 8.39. The number of likely N-dealkylation sites (N-methyl/N-ethyl adjacent to an activating group) is 1. The number of ether oxygens (including phenoxy) is 1. The quantitative estimate of drug-likeness (QED) is 0.824. The van der Waals surface area contributed by atoms with Crippen molar-refractivity contribution in [1.82, 2.24) is 14.5 Å². The number of nitrogens with zero attached hydrogens (tertiary/aromatic N) is 3. The van der Waals surface area contributed by atoms with Crippen LogP contribution in [0, 0.1) is 0 Å². The molecule has 18 heavy (non-hydrogen) atoms. The highest BCUT2D eigenvalue weighted by atomic mass is 16.5. The third kappa shape index (κ3) is 2.69. The Balaban J connectivity index is 2.32. The smallest absolute Gasteiger partial charge is 0.217 e. The van der Waals surface area contributed by atoms with Crippen molar-refractivity contribution in [3.63, 3.8) is 0 Å². The van der Waals surface area contributed by atoms with Crippen molar-refractivity contribution in [3.05, 3.63) is 11.5 Å². The molecule has 0 fully saturated rings. The average Bonchev–Trinajstić information content (AvgIpc) is 2.65. The van der Waals surface area contributed by atoms with Crippen molar-refractivity contribution in [1.29, 1.82) is 0 Å². The van der Waals surface area contributed by atoms with Gasteiger partial charge in [0.05, 0.1) is 6.61 Å². The minimum atomic E-state index is 0.0464. The van der Waals surface area contributed by atoms with Gasteiger partial charge in [-0.15, -0.1) is 0 Å². The molecule has 0 unspecified atom stereocenters. The van der Waals surface area contributed by atoms with Crippen LogP contribution in [-0.4, -0.2) is 41.7 Å². The van der Waals surface area contributed by atoms with E-state index in [0.717, 1.165) is 44.1 Å². The summed E-state index contributed by atoms with van der Waals surface area (Å²) < 4.78 is 8.13. The Labute approximate surface area is 110 Å². The van der Waals surface area contributed by atoms with Gasteiger partial charge in [-0.3, -0.25) is 4.57 Å². The molecule has 2 rings (SSSR count). The SMILES string of the molecule is CN(C)CCc1nc(C(C)(C)C)c2n1CCCO2. The van der Waals surface area contributed by atoms with Crippen LogP contribution in [0.2, 0.25) is 0 Å². The molecule has 0 saturated heterocycles. The van der Waals surface area contributed by atoms with Crippen LogP contribution in [0.25, 0.3) is 0 Å². The van der Waals surface area contributed by atoms with Gasteiger partial charge in [-0.05, 0) is 20.5 Å². The van der Waals surface area contributed by atoms with E-state index in [2.05, 4.69) is 44.3 Å². The van der Waals surface area contributed by atoms with E-state index in [9.17, 15) is 0 Å².